The van der Waals surface area contributed by atoms with E-state index in [0.29, 0.717) is 6.42 Å². The van der Waals surface area contributed by atoms with Gasteiger partial charge in [0, 0.05) is 6.42 Å². The third-order valence-corrected chi connectivity index (χ3v) is 6.13. The molecule has 0 saturated carbocycles. The minimum absolute atomic E-state index is 0.0367. The monoisotopic (exact) mass is 418 g/mol. The molecule has 0 aromatic rings. The topological polar surface area (TPSA) is 95.8 Å². The van der Waals surface area contributed by atoms with Crippen LogP contribution in [0.25, 0.3) is 0 Å². The van der Waals surface area contributed by atoms with Crippen LogP contribution in [0.4, 0.5) is 0 Å². The van der Waals surface area contributed by atoms with Gasteiger partial charge in [-0.1, -0.05) is 20.8 Å². The van der Waals surface area contributed by atoms with Gasteiger partial charge < -0.3 is 38.6 Å². The van der Waals surface area contributed by atoms with Gasteiger partial charge in [-0.05, 0) is 46.0 Å². The molecule has 2 N–H and O–H groups in total. The van der Waals surface area contributed by atoms with E-state index in [2.05, 4.69) is 13.8 Å². The van der Waals surface area contributed by atoms with Crippen molar-refractivity contribution in [1.29, 1.82) is 0 Å². The molecule has 0 amide bonds. The van der Waals surface area contributed by atoms with E-state index in [9.17, 15) is 10.2 Å². The lowest BCUT2D eigenvalue weighted by atomic mass is 9.82. The minimum Gasteiger partial charge on any atom is -0.388 e. The standard InChI is InChI=1S/C21H38O8/c1-8-13-11(2)12(3)17(22)19(26-13)24-10-15-18-14(27-21(6,7)29-18)9-16(25-15)28-20(4,5)23/h11-19,22-23H,8-10H2,1-7H3. The summed E-state index contributed by atoms with van der Waals surface area (Å²) in [5.74, 6) is -1.75. The summed E-state index contributed by atoms with van der Waals surface area (Å²) in [4.78, 5) is 0. The van der Waals surface area contributed by atoms with Gasteiger partial charge >= 0.3 is 0 Å². The summed E-state index contributed by atoms with van der Waals surface area (Å²) in [6.07, 6.45) is -1.79. The minimum atomic E-state index is -1.33. The first-order valence-electron chi connectivity index (χ1n) is 10.8. The Kier molecular flexibility index (Phi) is 6.98. The summed E-state index contributed by atoms with van der Waals surface area (Å²) in [5, 5.41) is 20.6. The van der Waals surface area contributed by atoms with Crippen molar-refractivity contribution < 1.29 is 38.6 Å². The van der Waals surface area contributed by atoms with Crippen molar-refractivity contribution in [3.8, 4) is 0 Å². The molecule has 170 valence electrons. The van der Waals surface area contributed by atoms with Crippen LogP contribution in [-0.4, -0.2) is 71.5 Å². The van der Waals surface area contributed by atoms with Gasteiger partial charge in [-0.3, -0.25) is 0 Å². The lowest BCUT2D eigenvalue weighted by Crippen LogP contribution is -2.54. The van der Waals surface area contributed by atoms with Crippen LogP contribution in [0.15, 0.2) is 0 Å². The average molecular weight is 419 g/mol. The second-order valence-corrected chi connectivity index (χ2v) is 9.54. The lowest BCUT2D eigenvalue weighted by molar-refractivity contribution is -0.327. The zero-order valence-corrected chi connectivity index (χ0v) is 18.7. The van der Waals surface area contributed by atoms with Crippen LogP contribution < -0.4 is 0 Å². The molecule has 0 aromatic carbocycles. The molecule has 29 heavy (non-hydrogen) atoms. The highest BCUT2D eigenvalue weighted by Gasteiger charge is 2.51. The molecule has 8 nitrogen and oxygen atoms in total. The Morgan fingerprint density at radius 2 is 1.76 bits per heavy atom. The predicted octanol–water partition coefficient (Wildman–Crippen LogP) is 2.15. The summed E-state index contributed by atoms with van der Waals surface area (Å²) in [6, 6.07) is 0. The first kappa shape index (κ1) is 23.3. The summed E-state index contributed by atoms with van der Waals surface area (Å²) < 4.78 is 35.7. The maximum atomic E-state index is 10.6. The number of hydrogen-bond donors (Lipinski definition) is 2. The fraction of sp³-hybridized carbons (Fsp3) is 1.00. The zero-order chi connectivity index (χ0) is 21.6. The van der Waals surface area contributed by atoms with Gasteiger partial charge in [-0.15, -0.1) is 0 Å². The van der Waals surface area contributed by atoms with E-state index in [0.717, 1.165) is 6.42 Å². The van der Waals surface area contributed by atoms with Crippen LogP contribution >= 0.6 is 0 Å². The summed E-state index contributed by atoms with van der Waals surface area (Å²) in [7, 11) is 0. The third-order valence-electron chi connectivity index (χ3n) is 6.13. The van der Waals surface area contributed by atoms with Crippen LogP contribution in [-0.2, 0) is 28.4 Å². The van der Waals surface area contributed by atoms with Crippen LogP contribution in [0, 0.1) is 11.8 Å². The van der Waals surface area contributed by atoms with Crippen LogP contribution in [0.3, 0.4) is 0 Å². The molecule has 3 aliphatic rings. The Bertz CT molecular complexity index is 545. The van der Waals surface area contributed by atoms with E-state index in [1.807, 2.05) is 20.8 Å². The molecule has 0 radical (unpaired) electrons. The molecule has 3 heterocycles. The summed E-state index contributed by atoms with van der Waals surface area (Å²) in [6.45, 7) is 13.2. The van der Waals surface area contributed by atoms with Gasteiger partial charge in [-0.2, -0.15) is 0 Å². The molecule has 3 saturated heterocycles. The van der Waals surface area contributed by atoms with Crippen molar-refractivity contribution in [2.24, 2.45) is 11.8 Å². The smallest absolute Gasteiger partial charge is 0.184 e. The fourth-order valence-corrected chi connectivity index (χ4v) is 4.48. The lowest BCUT2D eigenvalue weighted by Gasteiger charge is -2.43. The maximum absolute atomic E-state index is 10.6. The van der Waals surface area contributed by atoms with Crippen molar-refractivity contribution in [1.82, 2.24) is 0 Å². The molecule has 3 aliphatic heterocycles. The molecule has 0 aliphatic carbocycles. The number of rotatable bonds is 6. The van der Waals surface area contributed by atoms with E-state index in [-0.39, 0.29) is 36.8 Å². The average Bonchev–Trinajstić information content (AvgIpc) is 2.91. The molecule has 9 unspecified atom stereocenters. The second kappa shape index (κ2) is 8.67. The number of ether oxygens (including phenoxy) is 6. The van der Waals surface area contributed by atoms with Gasteiger partial charge in [0.15, 0.2) is 24.2 Å². The quantitative estimate of drug-likeness (QED) is 0.634. The van der Waals surface area contributed by atoms with E-state index < -0.39 is 36.4 Å². The SMILES string of the molecule is CCC1OC(OCC2OC(OC(C)(C)O)CC3OC(C)(C)OC23)C(O)C(C)C1C. The van der Waals surface area contributed by atoms with Crippen molar-refractivity contribution in [3.05, 3.63) is 0 Å². The Morgan fingerprint density at radius 1 is 1.07 bits per heavy atom. The zero-order valence-electron chi connectivity index (χ0n) is 18.7. The highest BCUT2D eigenvalue weighted by molar-refractivity contribution is 4.92. The van der Waals surface area contributed by atoms with E-state index in [1.54, 1.807) is 13.8 Å². The Labute approximate surface area is 173 Å². The van der Waals surface area contributed by atoms with Gasteiger partial charge in [0.25, 0.3) is 0 Å². The third kappa shape index (κ3) is 5.49. The van der Waals surface area contributed by atoms with Crippen molar-refractivity contribution in [2.75, 3.05) is 6.61 Å². The van der Waals surface area contributed by atoms with E-state index >= 15 is 0 Å². The largest absolute Gasteiger partial charge is 0.388 e. The number of hydrogen-bond acceptors (Lipinski definition) is 8. The predicted molar refractivity (Wildman–Crippen MR) is 104 cm³/mol. The Balaban J connectivity index is 1.67. The first-order chi connectivity index (χ1) is 13.4. The summed E-state index contributed by atoms with van der Waals surface area (Å²) in [5.41, 5.74) is 0. The number of fused-ring (bicyclic) bond motifs is 1. The fourth-order valence-electron chi connectivity index (χ4n) is 4.48. The highest BCUT2D eigenvalue weighted by atomic mass is 16.8. The molecule has 8 heteroatoms. The van der Waals surface area contributed by atoms with E-state index in [4.69, 9.17) is 28.4 Å². The van der Waals surface area contributed by atoms with Gasteiger partial charge in [-0.25, -0.2) is 0 Å². The van der Waals surface area contributed by atoms with Gasteiger partial charge in [0.05, 0.1) is 18.8 Å². The molecule has 3 fully saturated rings. The number of aliphatic hydroxyl groups excluding tert-OH is 1. The Morgan fingerprint density at radius 3 is 2.38 bits per heavy atom. The van der Waals surface area contributed by atoms with Gasteiger partial charge in [0.2, 0.25) is 0 Å². The molecule has 0 aromatic heterocycles. The van der Waals surface area contributed by atoms with E-state index in [1.165, 1.54) is 0 Å². The van der Waals surface area contributed by atoms with Crippen LogP contribution in [0.5, 0.6) is 0 Å². The maximum Gasteiger partial charge on any atom is 0.184 e. The van der Waals surface area contributed by atoms with Crippen LogP contribution in [0.2, 0.25) is 0 Å². The van der Waals surface area contributed by atoms with Crippen molar-refractivity contribution in [3.63, 3.8) is 0 Å². The van der Waals surface area contributed by atoms with Crippen LogP contribution in [0.1, 0.15) is 61.3 Å². The second-order valence-electron chi connectivity index (χ2n) is 9.54. The molecular weight excluding hydrogens is 380 g/mol. The van der Waals surface area contributed by atoms with Crippen molar-refractivity contribution >= 4 is 0 Å². The van der Waals surface area contributed by atoms with Crippen molar-refractivity contribution in [2.45, 2.75) is 116 Å². The highest BCUT2D eigenvalue weighted by Crippen LogP contribution is 2.39. The van der Waals surface area contributed by atoms with Gasteiger partial charge in [0.1, 0.15) is 18.3 Å². The number of aliphatic hydroxyl groups is 2. The summed E-state index contributed by atoms with van der Waals surface area (Å²) >= 11 is 0. The first-order valence-corrected chi connectivity index (χ1v) is 10.8. The molecular formula is C21H38O8. The molecule has 0 spiro atoms. The molecule has 0 bridgehead atoms. The normalized spacial score (nSPS) is 45.2. The molecule has 9 atom stereocenters. The molecule has 3 rings (SSSR count). The Hall–Kier alpha value is -0.320.